The molecule has 154 valence electrons. The van der Waals surface area contributed by atoms with Crippen LogP contribution >= 0.6 is 11.3 Å². The maximum atomic E-state index is 12.6. The number of benzene rings is 1. The summed E-state index contributed by atoms with van der Waals surface area (Å²) in [5.41, 5.74) is 3.62. The van der Waals surface area contributed by atoms with Gasteiger partial charge in [0.05, 0.1) is 18.7 Å². The quantitative estimate of drug-likeness (QED) is 0.699. The van der Waals surface area contributed by atoms with Gasteiger partial charge in [0, 0.05) is 18.0 Å². The molecule has 6 nitrogen and oxygen atoms in total. The van der Waals surface area contributed by atoms with Crippen LogP contribution in [0, 0.1) is 13.8 Å². The first-order valence-corrected chi connectivity index (χ1v) is 10.5. The number of rotatable bonds is 6. The zero-order chi connectivity index (χ0) is 21.0. The number of thiophene rings is 1. The Hall–Kier alpha value is -2.64. The van der Waals surface area contributed by atoms with Crippen molar-refractivity contribution in [3.05, 3.63) is 51.9 Å². The fourth-order valence-electron chi connectivity index (χ4n) is 3.33. The van der Waals surface area contributed by atoms with E-state index in [2.05, 4.69) is 16.3 Å². The first kappa shape index (κ1) is 21.1. The topological polar surface area (TPSA) is 78.9 Å². The number of nitrogens with one attached hydrogen (secondary N) is 1. The number of aromatic hydroxyl groups is 1. The molecule has 0 saturated carbocycles. The first-order chi connectivity index (χ1) is 13.9. The highest BCUT2D eigenvalue weighted by Gasteiger charge is 2.23. The van der Waals surface area contributed by atoms with Gasteiger partial charge >= 0.3 is 5.97 Å². The average molecular weight is 415 g/mol. The number of esters is 1. The summed E-state index contributed by atoms with van der Waals surface area (Å²) in [6, 6.07) is 7.17. The van der Waals surface area contributed by atoms with Crippen molar-refractivity contribution in [3.63, 3.8) is 0 Å². The van der Waals surface area contributed by atoms with Crippen molar-refractivity contribution in [3.8, 4) is 5.75 Å². The summed E-state index contributed by atoms with van der Waals surface area (Å²) < 4.78 is 5.14. The molecule has 2 N–H and O–H groups in total. The molecule has 1 aromatic heterocycles. The third-order valence-electron chi connectivity index (χ3n) is 5.02. The van der Waals surface area contributed by atoms with E-state index in [1.807, 2.05) is 26.0 Å². The molecule has 2 heterocycles. The number of carbonyl (C=O) groups excluding carboxylic acids is 2. The lowest BCUT2D eigenvalue weighted by Gasteiger charge is -2.25. The van der Waals surface area contributed by atoms with Crippen LogP contribution in [-0.2, 0) is 9.53 Å². The molecule has 3 rings (SSSR count). The van der Waals surface area contributed by atoms with E-state index in [9.17, 15) is 14.7 Å². The Morgan fingerprint density at radius 2 is 1.97 bits per heavy atom. The molecule has 0 unspecified atom stereocenters. The van der Waals surface area contributed by atoms with E-state index in [-0.39, 0.29) is 18.2 Å². The number of nitrogens with zero attached hydrogens (tertiary/aromatic N) is 1. The van der Waals surface area contributed by atoms with Gasteiger partial charge in [0.2, 0.25) is 5.91 Å². The fraction of sp³-hybridized carbons (Fsp3) is 0.364. The standard InChI is InChI=1S/C22H26N2O4S/c1-4-28-22(27)20-14(2)15(3)29-21(20)23-19(26)13-24-11-9-17(10-12-24)16-5-7-18(25)8-6-16/h5-9,25H,4,10-13H2,1-3H3,(H,23,26). The van der Waals surface area contributed by atoms with E-state index in [0.717, 1.165) is 29.0 Å². The van der Waals surface area contributed by atoms with Crippen LogP contribution in [0.1, 0.15) is 39.7 Å². The SMILES string of the molecule is CCOC(=O)c1c(NC(=O)CN2CC=C(c3ccc(O)cc3)CC2)sc(C)c1C. The number of aryl methyl sites for hydroxylation is 1. The number of phenolic OH excluding ortho intramolecular Hbond substituents is 1. The molecule has 1 aliphatic rings. The second kappa shape index (κ2) is 9.24. The van der Waals surface area contributed by atoms with E-state index in [4.69, 9.17) is 4.74 Å². The molecule has 0 aliphatic carbocycles. The molecule has 1 amide bonds. The lowest BCUT2D eigenvalue weighted by Crippen LogP contribution is -2.36. The maximum Gasteiger partial charge on any atom is 0.341 e. The minimum absolute atomic E-state index is 0.140. The van der Waals surface area contributed by atoms with Gasteiger partial charge in [-0.2, -0.15) is 0 Å². The molecular weight excluding hydrogens is 388 g/mol. The molecule has 2 aromatic rings. The van der Waals surface area contributed by atoms with Gasteiger partial charge in [-0.1, -0.05) is 18.2 Å². The molecule has 29 heavy (non-hydrogen) atoms. The highest BCUT2D eigenvalue weighted by Crippen LogP contribution is 2.33. The molecule has 0 bridgehead atoms. The van der Waals surface area contributed by atoms with Crippen molar-refractivity contribution in [2.24, 2.45) is 0 Å². The first-order valence-electron chi connectivity index (χ1n) is 9.66. The number of amides is 1. The summed E-state index contributed by atoms with van der Waals surface area (Å²) in [4.78, 5) is 27.9. The summed E-state index contributed by atoms with van der Waals surface area (Å²) in [6.45, 7) is 7.57. The van der Waals surface area contributed by atoms with Crippen molar-refractivity contribution in [1.82, 2.24) is 4.90 Å². The number of hydrogen-bond donors (Lipinski definition) is 2. The van der Waals surface area contributed by atoms with Gasteiger partial charge < -0.3 is 15.2 Å². The Labute approximate surface area is 174 Å². The Bertz CT molecular complexity index is 931. The molecule has 0 spiro atoms. The summed E-state index contributed by atoms with van der Waals surface area (Å²) in [6.07, 6.45) is 2.95. The summed E-state index contributed by atoms with van der Waals surface area (Å²) >= 11 is 1.40. The van der Waals surface area contributed by atoms with Crippen molar-refractivity contribution >= 4 is 33.8 Å². The van der Waals surface area contributed by atoms with Crippen LogP contribution in [0.4, 0.5) is 5.00 Å². The third kappa shape index (κ3) is 5.05. The van der Waals surface area contributed by atoms with Crippen molar-refractivity contribution in [2.45, 2.75) is 27.2 Å². The molecule has 1 aliphatic heterocycles. The summed E-state index contributed by atoms with van der Waals surface area (Å²) in [7, 11) is 0. The van der Waals surface area contributed by atoms with Gasteiger partial charge in [-0.3, -0.25) is 9.69 Å². The smallest absolute Gasteiger partial charge is 0.341 e. The minimum atomic E-state index is -0.399. The van der Waals surface area contributed by atoms with Crippen LogP contribution < -0.4 is 5.32 Å². The number of carbonyl (C=O) groups is 2. The Kier molecular flexibility index (Phi) is 6.71. The molecule has 7 heteroatoms. The Balaban J connectivity index is 1.62. The molecule has 0 fully saturated rings. The zero-order valence-corrected chi connectivity index (χ0v) is 17.8. The molecular formula is C22H26N2O4S. The number of ether oxygens (including phenoxy) is 1. The number of hydrogen-bond acceptors (Lipinski definition) is 6. The maximum absolute atomic E-state index is 12.6. The fourth-order valence-corrected chi connectivity index (χ4v) is 4.39. The Morgan fingerprint density at radius 1 is 1.24 bits per heavy atom. The monoisotopic (exact) mass is 414 g/mol. The minimum Gasteiger partial charge on any atom is -0.508 e. The van der Waals surface area contributed by atoms with Gasteiger partial charge in [0.25, 0.3) is 0 Å². The molecule has 0 atom stereocenters. The predicted molar refractivity (Wildman–Crippen MR) is 116 cm³/mol. The van der Waals surface area contributed by atoms with Crippen molar-refractivity contribution in [1.29, 1.82) is 0 Å². The van der Waals surface area contributed by atoms with Gasteiger partial charge in [-0.25, -0.2) is 4.79 Å². The third-order valence-corrected chi connectivity index (χ3v) is 6.14. The van der Waals surface area contributed by atoms with E-state index in [0.29, 0.717) is 23.7 Å². The van der Waals surface area contributed by atoms with Crippen LogP contribution in [0.3, 0.4) is 0 Å². The normalized spacial score (nSPS) is 14.4. The summed E-state index contributed by atoms with van der Waals surface area (Å²) in [5.74, 6) is -0.285. The van der Waals surface area contributed by atoms with Crippen LogP contribution in [-0.4, -0.2) is 48.1 Å². The zero-order valence-electron chi connectivity index (χ0n) is 16.9. The van der Waals surface area contributed by atoms with Crippen LogP contribution in [0.5, 0.6) is 5.75 Å². The van der Waals surface area contributed by atoms with Gasteiger partial charge in [-0.05, 0) is 56.0 Å². The van der Waals surface area contributed by atoms with Crippen LogP contribution in [0.15, 0.2) is 30.3 Å². The lowest BCUT2D eigenvalue weighted by atomic mass is 9.99. The Morgan fingerprint density at radius 3 is 2.59 bits per heavy atom. The van der Waals surface area contributed by atoms with Crippen LogP contribution in [0.25, 0.3) is 5.57 Å². The van der Waals surface area contributed by atoms with Gasteiger partial charge in [-0.15, -0.1) is 11.3 Å². The highest BCUT2D eigenvalue weighted by molar-refractivity contribution is 7.16. The largest absolute Gasteiger partial charge is 0.508 e. The molecule has 0 radical (unpaired) electrons. The van der Waals surface area contributed by atoms with Crippen molar-refractivity contribution in [2.75, 3.05) is 31.6 Å². The molecule has 1 aromatic carbocycles. The number of phenols is 1. The number of anilines is 1. The van der Waals surface area contributed by atoms with E-state index in [1.54, 1.807) is 19.1 Å². The van der Waals surface area contributed by atoms with E-state index in [1.165, 1.54) is 16.9 Å². The van der Waals surface area contributed by atoms with E-state index < -0.39 is 5.97 Å². The predicted octanol–water partition coefficient (Wildman–Crippen LogP) is 3.98. The van der Waals surface area contributed by atoms with Gasteiger partial charge in [0.1, 0.15) is 10.8 Å². The lowest BCUT2D eigenvalue weighted by molar-refractivity contribution is -0.117. The highest BCUT2D eigenvalue weighted by atomic mass is 32.1. The second-order valence-electron chi connectivity index (χ2n) is 7.02. The van der Waals surface area contributed by atoms with Crippen LogP contribution in [0.2, 0.25) is 0 Å². The second-order valence-corrected chi connectivity index (χ2v) is 8.24. The van der Waals surface area contributed by atoms with E-state index >= 15 is 0 Å². The average Bonchev–Trinajstić information content (AvgIpc) is 2.96. The summed E-state index contributed by atoms with van der Waals surface area (Å²) in [5, 5.41) is 12.9. The van der Waals surface area contributed by atoms with Gasteiger partial charge in [0.15, 0.2) is 0 Å². The molecule has 0 saturated heterocycles. The van der Waals surface area contributed by atoms with Crippen molar-refractivity contribution < 1.29 is 19.4 Å².